The fourth-order valence-electron chi connectivity index (χ4n) is 7.40. The first-order valence-electron chi connectivity index (χ1n) is 19.8. The molecule has 14 nitrogen and oxygen atoms in total. The van der Waals surface area contributed by atoms with Crippen molar-refractivity contribution in [2.45, 2.75) is 125 Å². The number of carbonyl (C=O) groups is 4. The van der Waals surface area contributed by atoms with Crippen LogP contribution in [0.25, 0.3) is 0 Å². The number of pyridine rings is 1. The summed E-state index contributed by atoms with van der Waals surface area (Å²) in [7, 11) is 9.22. The van der Waals surface area contributed by atoms with Gasteiger partial charge < -0.3 is 38.6 Å². The van der Waals surface area contributed by atoms with Gasteiger partial charge in [-0.2, -0.15) is 0 Å². The number of hydrogen-bond donors (Lipinski definition) is 2. The zero-order valence-corrected chi connectivity index (χ0v) is 38.2. The number of halogens is 1. The van der Waals surface area contributed by atoms with Gasteiger partial charge in [0.2, 0.25) is 11.8 Å². The third kappa shape index (κ3) is 11.2. The van der Waals surface area contributed by atoms with E-state index in [1.807, 2.05) is 31.2 Å². The molecule has 3 aliphatic rings. The molecule has 4 heterocycles. The topological polar surface area (TPSA) is 169 Å². The summed E-state index contributed by atoms with van der Waals surface area (Å²) < 4.78 is 29.2. The molecule has 2 aromatic rings. The van der Waals surface area contributed by atoms with Crippen molar-refractivity contribution < 1.29 is 48.0 Å². The van der Waals surface area contributed by atoms with Crippen LogP contribution in [0.3, 0.4) is 0 Å². The van der Waals surface area contributed by atoms with Crippen molar-refractivity contribution in [1.82, 2.24) is 15.2 Å². The Kier molecular flexibility index (Phi) is 15.4. The SMILES string of the molecule is COc1cc2cc(c1Cl)N(C)C(=O)CC(OC(=O)C(C)N(C)C(=O)CCC(C)(C)SSc1ccccn1)C1(C)OC1C(C)C1CC(O)(NC(=O)O1)C(OC)C=CC=C(C)C2. The first-order chi connectivity index (χ1) is 28.2. The largest absolute Gasteiger partial charge is 0.495 e. The second-order valence-corrected chi connectivity index (χ2v) is 19.7. The number of epoxide rings is 1. The molecule has 4 bridgehead atoms. The van der Waals surface area contributed by atoms with Gasteiger partial charge in [0.15, 0.2) is 5.72 Å². The van der Waals surface area contributed by atoms with Crippen molar-refractivity contribution in [1.29, 1.82) is 0 Å². The van der Waals surface area contributed by atoms with E-state index in [9.17, 15) is 24.3 Å². The van der Waals surface area contributed by atoms with Gasteiger partial charge in [0.25, 0.3) is 0 Å². The number of benzene rings is 1. The molecule has 5 rings (SSSR count). The van der Waals surface area contributed by atoms with Crippen molar-refractivity contribution in [3.8, 4) is 5.75 Å². The highest BCUT2D eigenvalue weighted by molar-refractivity contribution is 8.77. The van der Waals surface area contributed by atoms with Crippen LogP contribution in [0, 0.1) is 5.92 Å². The molecule has 0 spiro atoms. The van der Waals surface area contributed by atoms with Crippen LogP contribution in [0.1, 0.15) is 72.8 Å². The molecule has 3 amide bonds. The van der Waals surface area contributed by atoms with Crippen LogP contribution in [0.5, 0.6) is 5.75 Å². The predicted molar refractivity (Wildman–Crippen MR) is 232 cm³/mol. The molecule has 17 heteroatoms. The Hall–Kier alpha value is -3.80. The molecule has 3 aliphatic heterocycles. The molecule has 0 radical (unpaired) electrons. The van der Waals surface area contributed by atoms with E-state index in [0.717, 1.165) is 16.2 Å². The monoisotopic (exact) mass is 888 g/mol. The molecule has 8 atom stereocenters. The zero-order chi connectivity index (χ0) is 44.2. The number of aromatic nitrogens is 1. The highest BCUT2D eigenvalue weighted by Crippen LogP contribution is 2.49. The minimum absolute atomic E-state index is 0.0568. The number of ether oxygens (including phenoxy) is 5. The van der Waals surface area contributed by atoms with Crippen molar-refractivity contribution in [3.63, 3.8) is 0 Å². The van der Waals surface area contributed by atoms with E-state index < -0.39 is 65.7 Å². The van der Waals surface area contributed by atoms with E-state index in [1.165, 1.54) is 24.0 Å². The Morgan fingerprint density at radius 3 is 2.63 bits per heavy atom. The molecular weight excluding hydrogens is 832 g/mol. The average molecular weight is 890 g/mol. The van der Waals surface area contributed by atoms with Gasteiger partial charge in [-0.3, -0.25) is 14.9 Å². The van der Waals surface area contributed by atoms with E-state index in [1.54, 1.807) is 86.9 Å². The van der Waals surface area contributed by atoms with Gasteiger partial charge in [-0.1, -0.05) is 59.2 Å². The smallest absolute Gasteiger partial charge is 0.409 e. The Morgan fingerprint density at radius 1 is 1.23 bits per heavy atom. The number of hydrogen-bond acceptors (Lipinski definition) is 13. The Bertz CT molecular complexity index is 1970. The lowest BCUT2D eigenvalue weighted by Crippen LogP contribution is -2.63. The number of anilines is 1. The fraction of sp³-hybridized carbons (Fsp3) is 0.558. The van der Waals surface area contributed by atoms with Crippen LogP contribution in [-0.4, -0.2) is 114 Å². The van der Waals surface area contributed by atoms with E-state index in [4.69, 9.17) is 35.3 Å². The minimum atomic E-state index is -1.84. The molecule has 60 heavy (non-hydrogen) atoms. The molecule has 328 valence electrons. The van der Waals surface area contributed by atoms with E-state index >= 15 is 0 Å². The minimum Gasteiger partial charge on any atom is -0.495 e. The summed E-state index contributed by atoms with van der Waals surface area (Å²) in [6.07, 6.45) is 3.33. The van der Waals surface area contributed by atoms with Crippen LogP contribution in [0.2, 0.25) is 5.02 Å². The van der Waals surface area contributed by atoms with Crippen LogP contribution in [-0.2, 0) is 39.8 Å². The van der Waals surface area contributed by atoms with Crippen molar-refractivity contribution in [2.75, 3.05) is 33.2 Å². The standard InChI is InChI=1S/C43H57ClN4O10S2/c1-25-14-13-15-32(55-10)43(53)24-31(56-40(52)46-43)26(2)38-42(6,58-38)33(23-36(50)48(8)29-21-28(20-25)22-30(54-9)37(29)44)57-39(51)27(3)47(7)35(49)17-18-41(4,5)60-59-34-16-11-12-19-45-34/h11-16,19,21-22,26-27,31-33,38,53H,17-18,20,23-24H2,1-10H3,(H,46,52). The summed E-state index contributed by atoms with van der Waals surface area (Å²) in [6.45, 7) is 11.1. The number of amides is 3. The van der Waals surface area contributed by atoms with E-state index in [0.29, 0.717) is 24.3 Å². The molecule has 2 fully saturated rings. The molecule has 2 saturated heterocycles. The molecule has 0 aliphatic carbocycles. The summed E-state index contributed by atoms with van der Waals surface area (Å²) in [5, 5.41) is 15.4. The Labute approximate surface area is 365 Å². The van der Waals surface area contributed by atoms with Crippen molar-refractivity contribution in [2.24, 2.45) is 5.92 Å². The summed E-state index contributed by atoms with van der Waals surface area (Å²) in [5.74, 6) is -1.58. The first kappa shape index (κ1) is 47.3. The lowest BCUT2D eigenvalue weighted by atomic mass is 9.83. The number of alkyl carbamates (subject to hydrolysis) is 1. The predicted octanol–water partition coefficient (Wildman–Crippen LogP) is 6.91. The van der Waals surface area contributed by atoms with Gasteiger partial charge in [-0.05, 0) is 88.1 Å². The lowest BCUT2D eigenvalue weighted by Gasteiger charge is -2.42. The third-order valence-electron chi connectivity index (χ3n) is 11.5. The van der Waals surface area contributed by atoms with Crippen LogP contribution in [0.4, 0.5) is 10.5 Å². The maximum Gasteiger partial charge on any atom is 0.409 e. The first-order valence-corrected chi connectivity index (χ1v) is 22.4. The number of nitrogens with one attached hydrogen (secondary N) is 1. The Balaban J connectivity index is 1.41. The number of allylic oxidation sites excluding steroid dienone is 3. The van der Waals surface area contributed by atoms with Crippen LogP contribution >= 0.6 is 33.2 Å². The van der Waals surface area contributed by atoms with Crippen molar-refractivity contribution in [3.05, 3.63) is 70.9 Å². The normalized spacial score (nSPS) is 27.8. The van der Waals surface area contributed by atoms with Gasteiger partial charge in [-0.15, -0.1) is 0 Å². The number of methoxy groups -OCH3 is 2. The van der Waals surface area contributed by atoms with Crippen LogP contribution in [0.15, 0.2) is 65.4 Å². The van der Waals surface area contributed by atoms with Gasteiger partial charge >= 0.3 is 12.1 Å². The number of rotatable bonds is 11. The quantitative estimate of drug-likeness (QED) is 0.136. The molecule has 2 N–H and O–H groups in total. The summed E-state index contributed by atoms with van der Waals surface area (Å²) in [4.78, 5) is 61.8. The lowest BCUT2D eigenvalue weighted by molar-refractivity contribution is -0.162. The van der Waals surface area contributed by atoms with Crippen LogP contribution < -0.4 is 15.0 Å². The number of nitrogens with zero attached hydrogens (tertiary/aromatic N) is 3. The summed E-state index contributed by atoms with van der Waals surface area (Å²) in [5.41, 5.74) is -0.951. The number of aliphatic hydroxyl groups is 1. The molecule has 1 aromatic carbocycles. The molecular formula is C43H57ClN4O10S2. The second-order valence-electron chi connectivity index (χ2n) is 16.5. The van der Waals surface area contributed by atoms with Gasteiger partial charge in [0.1, 0.15) is 45.8 Å². The highest BCUT2D eigenvalue weighted by Gasteiger charge is 2.64. The zero-order valence-electron chi connectivity index (χ0n) is 35.9. The van der Waals surface area contributed by atoms with Gasteiger partial charge in [-0.25, -0.2) is 14.6 Å². The molecule has 0 saturated carbocycles. The number of esters is 1. The molecule has 1 aromatic heterocycles. The number of carbonyl (C=O) groups excluding carboxylic acids is 4. The summed E-state index contributed by atoms with van der Waals surface area (Å²) in [6, 6.07) is 8.29. The second kappa shape index (κ2) is 19.5. The maximum atomic E-state index is 14.3. The molecule has 8 unspecified atom stereocenters. The summed E-state index contributed by atoms with van der Waals surface area (Å²) >= 11 is 6.80. The highest BCUT2D eigenvalue weighted by atomic mass is 35.5. The third-order valence-corrected chi connectivity index (χ3v) is 15.1. The maximum absolute atomic E-state index is 14.3. The van der Waals surface area contributed by atoms with Gasteiger partial charge in [0.05, 0.1) is 25.3 Å². The van der Waals surface area contributed by atoms with E-state index in [2.05, 4.69) is 24.1 Å². The number of fused-ring (bicyclic) bond motifs is 5. The fourth-order valence-corrected chi connectivity index (χ4v) is 9.92. The van der Waals surface area contributed by atoms with Gasteiger partial charge in [0, 0.05) is 50.9 Å². The van der Waals surface area contributed by atoms with E-state index in [-0.39, 0.29) is 34.9 Å². The van der Waals surface area contributed by atoms with Crippen molar-refractivity contribution >= 4 is 62.8 Å². The average Bonchev–Trinajstić information content (AvgIpc) is 3.91. The Morgan fingerprint density at radius 2 is 1.97 bits per heavy atom. The number of likely N-dealkylation sites (N-methyl/N-ethyl adjacent to an activating group) is 1.